The molecule has 1 heterocycles. The SMILES string of the molecule is O=Cc1c(O)cncc1OCC1CCCCC1c1ccccc1Cl. The van der Waals surface area contributed by atoms with Crippen LogP contribution in [0.1, 0.15) is 47.5 Å². The Morgan fingerprint density at radius 3 is 2.83 bits per heavy atom. The number of aromatic hydroxyl groups is 1. The Kier molecular flexibility index (Phi) is 5.36. The van der Waals surface area contributed by atoms with E-state index < -0.39 is 0 Å². The Morgan fingerprint density at radius 2 is 2.04 bits per heavy atom. The molecule has 126 valence electrons. The van der Waals surface area contributed by atoms with E-state index in [0.29, 0.717) is 30.5 Å². The summed E-state index contributed by atoms with van der Waals surface area (Å²) in [5.74, 6) is 0.834. The van der Waals surface area contributed by atoms with Gasteiger partial charge in [-0.2, -0.15) is 0 Å². The van der Waals surface area contributed by atoms with Gasteiger partial charge in [-0.3, -0.25) is 9.78 Å². The molecule has 2 aromatic rings. The van der Waals surface area contributed by atoms with Crippen LogP contribution in [0.15, 0.2) is 36.7 Å². The van der Waals surface area contributed by atoms with Gasteiger partial charge in [-0.15, -0.1) is 0 Å². The lowest BCUT2D eigenvalue weighted by molar-refractivity contribution is 0.111. The maximum absolute atomic E-state index is 11.1. The minimum absolute atomic E-state index is 0.148. The highest BCUT2D eigenvalue weighted by Crippen LogP contribution is 2.40. The summed E-state index contributed by atoms with van der Waals surface area (Å²) in [7, 11) is 0. The number of benzene rings is 1. The summed E-state index contributed by atoms with van der Waals surface area (Å²) >= 11 is 6.38. The number of ether oxygens (including phenoxy) is 1. The molecule has 0 bridgehead atoms. The summed E-state index contributed by atoms with van der Waals surface area (Å²) in [4.78, 5) is 15.0. The van der Waals surface area contributed by atoms with Crippen LogP contribution in [-0.4, -0.2) is 23.0 Å². The number of hydrogen-bond donors (Lipinski definition) is 1. The molecule has 0 amide bonds. The van der Waals surface area contributed by atoms with E-state index in [2.05, 4.69) is 11.1 Å². The normalized spacial score (nSPS) is 20.5. The van der Waals surface area contributed by atoms with E-state index >= 15 is 0 Å². The number of hydrogen-bond acceptors (Lipinski definition) is 4. The fourth-order valence-electron chi connectivity index (χ4n) is 3.46. The molecule has 24 heavy (non-hydrogen) atoms. The Bertz CT molecular complexity index is 720. The number of pyridine rings is 1. The van der Waals surface area contributed by atoms with Crippen LogP contribution in [0.25, 0.3) is 0 Å². The fourth-order valence-corrected chi connectivity index (χ4v) is 3.74. The first-order valence-corrected chi connectivity index (χ1v) is 8.58. The number of aldehydes is 1. The lowest BCUT2D eigenvalue weighted by Crippen LogP contribution is -2.24. The quantitative estimate of drug-likeness (QED) is 0.804. The highest BCUT2D eigenvalue weighted by Gasteiger charge is 2.28. The molecule has 4 nitrogen and oxygen atoms in total. The third-order valence-corrected chi connectivity index (χ3v) is 5.06. The van der Waals surface area contributed by atoms with Gasteiger partial charge in [-0.05, 0) is 36.3 Å². The molecule has 0 radical (unpaired) electrons. The second-order valence-electron chi connectivity index (χ2n) is 6.17. The van der Waals surface area contributed by atoms with Crippen molar-refractivity contribution in [3.63, 3.8) is 0 Å². The molecule has 2 unspecified atom stereocenters. The van der Waals surface area contributed by atoms with Crippen LogP contribution in [0.5, 0.6) is 11.5 Å². The van der Waals surface area contributed by atoms with Crippen molar-refractivity contribution in [1.82, 2.24) is 4.98 Å². The molecule has 1 N–H and O–H groups in total. The predicted molar refractivity (Wildman–Crippen MR) is 92.9 cm³/mol. The van der Waals surface area contributed by atoms with Crippen molar-refractivity contribution in [3.8, 4) is 11.5 Å². The van der Waals surface area contributed by atoms with Crippen molar-refractivity contribution < 1.29 is 14.6 Å². The van der Waals surface area contributed by atoms with Gasteiger partial charge in [0.2, 0.25) is 0 Å². The Labute approximate surface area is 146 Å². The molecule has 0 aliphatic heterocycles. The van der Waals surface area contributed by atoms with Crippen molar-refractivity contribution in [2.75, 3.05) is 6.61 Å². The summed E-state index contributed by atoms with van der Waals surface area (Å²) in [5, 5.41) is 10.5. The minimum Gasteiger partial charge on any atom is -0.505 e. The third-order valence-electron chi connectivity index (χ3n) is 4.71. The molecule has 1 fully saturated rings. The molecule has 1 aromatic carbocycles. The number of carbonyl (C=O) groups excluding carboxylic acids is 1. The molecule has 0 spiro atoms. The summed E-state index contributed by atoms with van der Waals surface area (Å²) in [5.41, 5.74) is 1.31. The van der Waals surface area contributed by atoms with Gasteiger partial charge in [-0.1, -0.05) is 42.6 Å². The molecule has 1 aliphatic carbocycles. The molecule has 3 rings (SSSR count). The Hall–Kier alpha value is -2.07. The summed E-state index contributed by atoms with van der Waals surface area (Å²) in [6.07, 6.45) is 7.78. The van der Waals surface area contributed by atoms with Gasteiger partial charge in [0.25, 0.3) is 0 Å². The monoisotopic (exact) mass is 345 g/mol. The minimum atomic E-state index is -0.159. The van der Waals surface area contributed by atoms with Gasteiger partial charge in [-0.25, -0.2) is 0 Å². The zero-order chi connectivity index (χ0) is 16.9. The van der Waals surface area contributed by atoms with Gasteiger partial charge >= 0.3 is 0 Å². The number of halogens is 1. The lowest BCUT2D eigenvalue weighted by atomic mass is 9.76. The first-order chi connectivity index (χ1) is 11.7. The third kappa shape index (κ3) is 3.54. The lowest BCUT2D eigenvalue weighted by Gasteiger charge is -2.32. The molecular weight excluding hydrogens is 326 g/mol. The topological polar surface area (TPSA) is 59.4 Å². The van der Waals surface area contributed by atoms with E-state index in [1.165, 1.54) is 18.8 Å². The number of nitrogens with zero attached hydrogens (tertiary/aromatic N) is 1. The predicted octanol–water partition coefficient (Wildman–Crippen LogP) is 4.61. The van der Waals surface area contributed by atoms with E-state index in [-0.39, 0.29) is 11.3 Å². The van der Waals surface area contributed by atoms with E-state index in [1.807, 2.05) is 18.2 Å². The van der Waals surface area contributed by atoms with Crippen molar-refractivity contribution in [3.05, 3.63) is 52.8 Å². The van der Waals surface area contributed by atoms with E-state index in [0.717, 1.165) is 29.8 Å². The second-order valence-corrected chi connectivity index (χ2v) is 6.58. The number of rotatable bonds is 5. The molecule has 1 aromatic heterocycles. The summed E-state index contributed by atoms with van der Waals surface area (Å²) in [6.45, 7) is 0.474. The molecule has 5 heteroatoms. The van der Waals surface area contributed by atoms with Crippen LogP contribution in [0, 0.1) is 5.92 Å². The number of carbonyl (C=O) groups is 1. The van der Waals surface area contributed by atoms with Gasteiger partial charge in [0, 0.05) is 5.02 Å². The smallest absolute Gasteiger partial charge is 0.157 e. The van der Waals surface area contributed by atoms with Crippen LogP contribution >= 0.6 is 11.6 Å². The van der Waals surface area contributed by atoms with Gasteiger partial charge < -0.3 is 9.84 Å². The molecule has 2 atom stereocenters. The van der Waals surface area contributed by atoms with E-state index in [1.54, 1.807) is 0 Å². The standard InChI is InChI=1S/C19H20ClNO3/c20-17-8-4-3-7-15(17)14-6-2-1-5-13(14)12-24-19-10-21-9-18(23)16(19)11-22/h3-4,7-11,13-14,23H,1-2,5-6,12H2. The zero-order valence-corrected chi connectivity index (χ0v) is 14.1. The van der Waals surface area contributed by atoms with Gasteiger partial charge in [0.1, 0.15) is 11.3 Å². The molecule has 0 saturated heterocycles. The fraction of sp³-hybridized carbons (Fsp3) is 0.368. The summed E-state index contributed by atoms with van der Waals surface area (Å²) < 4.78 is 5.84. The Morgan fingerprint density at radius 1 is 1.25 bits per heavy atom. The first-order valence-electron chi connectivity index (χ1n) is 8.20. The van der Waals surface area contributed by atoms with Crippen LogP contribution in [0.4, 0.5) is 0 Å². The van der Waals surface area contributed by atoms with Gasteiger partial charge in [0.05, 0.1) is 19.0 Å². The summed E-state index contributed by atoms with van der Waals surface area (Å²) in [6, 6.07) is 7.96. The molecule has 1 aliphatic rings. The average molecular weight is 346 g/mol. The van der Waals surface area contributed by atoms with Crippen molar-refractivity contribution in [1.29, 1.82) is 0 Å². The van der Waals surface area contributed by atoms with Crippen molar-refractivity contribution in [2.24, 2.45) is 5.92 Å². The van der Waals surface area contributed by atoms with Gasteiger partial charge in [0.15, 0.2) is 12.0 Å². The average Bonchev–Trinajstić information content (AvgIpc) is 2.61. The van der Waals surface area contributed by atoms with Crippen LogP contribution < -0.4 is 4.74 Å². The van der Waals surface area contributed by atoms with E-state index in [4.69, 9.17) is 16.3 Å². The molecular formula is C19H20ClNO3. The second kappa shape index (κ2) is 7.67. The maximum Gasteiger partial charge on any atom is 0.157 e. The van der Waals surface area contributed by atoms with Crippen LogP contribution in [0.2, 0.25) is 5.02 Å². The highest BCUT2D eigenvalue weighted by molar-refractivity contribution is 6.31. The first kappa shape index (κ1) is 16.8. The van der Waals surface area contributed by atoms with E-state index in [9.17, 15) is 9.90 Å². The highest BCUT2D eigenvalue weighted by atomic mass is 35.5. The Balaban J connectivity index is 1.77. The number of aromatic nitrogens is 1. The largest absolute Gasteiger partial charge is 0.505 e. The maximum atomic E-state index is 11.1. The van der Waals surface area contributed by atoms with Crippen LogP contribution in [-0.2, 0) is 0 Å². The van der Waals surface area contributed by atoms with Crippen molar-refractivity contribution in [2.45, 2.75) is 31.6 Å². The van der Waals surface area contributed by atoms with Crippen molar-refractivity contribution >= 4 is 17.9 Å². The van der Waals surface area contributed by atoms with Crippen LogP contribution in [0.3, 0.4) is 0 Å². The zero-order valence-electron chi connectivity index (χ0n) is 13.3. The molecule has 1 saturated carbocycles.